The Kier molecular flexibility index (Phi) is 5.89. The van der Waals surface area contributed by atoms with Crippen LogP contribution in [0.3, 0.4) is 0 Å². The molecular formula is C26H23O2. The maximum atomic E-state index is 5.89. The molecule has 0 fully saturated rings. The van der Waals surface area contributed by atoms with Crippen LogP contribution in [0.5, 0.6) is 11.5 Å². The van der Waals surface area contributed by atoms with Gasteiger partial charge in [-0.3, -0.25) is 0 Å². The molecule has 0 aliphatic carbocycles. The molecule has 0 N–H and O–H groups in total. The Morgan fingerprint density at radius 3 is 1.86 bits per heavy atom. The van der Waals surface area contributed by atoms with Gasteiger partial charge in [-0.1, -0.05) is 66.7 Å². The van der Waals surface area contributed by atoms with Crippen LogP contribution >= 0.6 is 0 Å². The van der Waals surface area contributed by atoms with Crippen LogP contribution in [0.2, 0.25) is 0 Å². The van der Waals surface area contributed by atoms with E-state index >= 15 is 0 Å². The zero-order valence-corrected chi connectivity index (χ0v) is 15.8. The second-order valence-corrected chi connectivity index (χ2v) is 6.68. The topological polar surface area (TPSA) is 18.5 Å². The van der Waals surface area contributed by atoms with Gasteiger partial charge in [0.1, 0.15) is 11.5 Å². The van der Waals surface area contributed by atoms with Gasteiger partial charge >= 0.3 is 0 Å². The smallest absolute Gasteiger partial charge is 0.119 e. The first-order valence-corrected chi connectivity index (χ1v) is 9.67. The van der Waals surface area contributed by atoms with Crippen LogP contribution < -0.4 is 9.47 Å². The predicted molar refractivity (Wildman–Crippen MR) is 114 cm³/mol. The molecule has 0 spiro atoms. The number of ether oxygens (including phenoxy) is 2. The summed E-state index contributed by atoms with van der Waals surface area (Å²) in [6.07, 6.45) is 1.65. The van der Waals surface area contributed by atoms with Crippen molar-refractivity contribution in [3.05, 3.63) is 108 Å². The lowest BCUT2D eigenvalue weighted by Crippen LogP contribution is -2.05. The van der Waals surface area contributed by atoms with E-state index in [2.05, 4.69) is 36.4 Å². The van der Waals surface area contributed by atoms with Crippen molar-refractivity contribution in [1.29, 1.82) is 0 Å². The lowest BCUT2D eigenvalue weighted by Gasteiger charge is -2.12. The molecule has 0 amide bonds. The zero-order chi connectivity index (χ0) is 19.0. The molecule has 0 unspecified atom stereocenters. The molecule has 4 rings (SSSR count). The van der Waals surface area contributed by atoms with Gasteiger partial charge in [0, 0.05) is 12.8 Å². The standard InChI is InChI=1S/C26H23O2/c1-3-10-24(11-4-1)27-17-15-21-19-22-9-7-8-14-26(22)23(20-21)16-18-28-25-12-5-2-6-13-25/h1-14,19H,15-18H2. The average molecular weight is 367 g/mol. The molecule has 1 radical (unpaired) electrons. The summed E-state index contributed by atoms with van der Waals surface area (Å²) in [4.78, 5) is 0. The van der Waals surface area contributed by atoms with Gasteiger partial charge in [-0.2, -0.15) is 0 Å². The van der Waals surface area contributed by atoms with E-state index in [0.29, 0.717) is 13.2 Å². The lowest BCUT2D eigenvalue weighted by molar-refractivity contribution is 0.320. The third-order valence-electron chi connectivity index (χ3n) is 4.67. The Balaban J connectivity index is 1.45. The van der Waals surface area contributed by atoms with Gasteiger partial charge in [0.2, 0.25) is 0 Å². The van der Waals surface area contributed by atoms with Crippen molar-refractivity contribution >= 4 is 10.8 Å². The second kappa shape index (κ2) is 9.09. The molecule has 0 aliphatic rings. The molecule has 0 bridgehead atoms. The molecule has 0 aromatic heterocycles. The highest BCUT2D eigenvalue weighted by molar-refractivity contribution is 5.86. The van der Waals surface area contributed by atoms with Gasteiger partial charge in [0.15, 0.2) is 0 Å². The maximum absolute atomic E-state index is 5.89. The van der Waals surface area contributed by atoms with Crippen molar-refractivity contribution in [3.8, 4) is 11.5 Å². The molecular weight excluding hydrogens is 344 g/mol. The van der Waals surface area contributed by atoms with E-state index in [1.807, 2.05) is 60.7 Å². The van der Waals surface area contributed by atoms with E-state index in [1.165, 1.54) is 21.9 Å². The summed E-state index contributed by atoms with van der Waals surface area (Å²) in [6, 6.07) is 34.2. The molecule has 0 aliphatic heterocycles. The minimum absolute atomic E-state index is 0.633. The summed E-state index contributed by atoms with van der Waals surface area (Å²) in [7, 11) is 0. The Morgan fingerprint density at radius 2 is 1.18 bits per heavy atom. The van der Waals surface area contributed by atoms with Crippen LogP contribution in [0.15, 0.2) is 91.0 Å². The second-order valence-electron chi connectivity index (χ2n) is 6.68. The first kappa shape index (κ1) is 18.1. The van der Waals surface area contributed by atoms with Gasteiger partial charge in [-0.15, -0.1) is 0 Å². The van der Waals surface area contributed by atoms with E-state index < -0.39 is 0 Å². The number of fused-ring (bicyclic) bond motifs is 1. The number of para-hydroxylation sites is 2. The molecule has 0 saturated carbocycles. The van der Waals surface area contributed by atoms with Gasteiger partial charge < -0.3 is 9.47 Å². The summed E-state index contributed by atoms with van der Waals surface area (Å²) in [6.45, 7) is 1.27. The minimum Gasteiger partial charge on any atom is -0.493 e. The first-order valence-electron chi connectivity index (χ1n) is 9.67. The molecule has 4 aromatic rings. The number of hydrogen-bond acceptors (Lipinski definition) is 2. The number of benzene rings is 4. The molecule has 139 valence electrons. The van der Waals surface area contributed by atoms with Crippen LogP contribution in [0, 0.1) is 6.07 Å². The van der Waals surface area contributed by atoms with Crippen molar-refractivity contribution in [3.63, 3.8) is 0 Å². The monoisotopic (exact) mass is 367 g/mol. The van der Waals surface area contributed by atoms with Crippen molar-refractivity contribution in [2.75, 3.05) is 13.2 Å². The quantitative estimate of drug-likeness (QED) is 0.387. The predicted octanol–water partition coefficient (Wildman–Crippen LogP) is 5.88. The highest BCUT2D eigenvalue weighted by atomic mass is 16.5. The minimum atomic E-state index is 0.633. The van der Waals surface area contributed by atoms with Crippen LogP contribution in [-0.4, -0.2) is 13.2 Å². The largest absolute Gasteiger partial charge is 0.493 e. The van der Waals surface area contributed by atoms with E-state index in [0.717, 1.165) is 24.3 Å². The van der Waals surface area contributed by atoms with Gasteiger partial charge in [0.25, 0.3) is 0 Å². The van der Waals surface area contributed by atoms with Crippen LogP contribution in [0.1, 0.15) is 11.1 Å². The summed E-state index contributed by atoms with van der Waals surface area (Å²) in [5.74, 6) is 1.80. The molecule has 2 heteroatoms. The molecule has 4 aromatic carbocycles. The first-order chi connectivity index (χ1) is 13.9. The highest BCUT2D eigenvalue weighted by Gasteiger charge is 2.06. The molecule has 0 heterocycles. The van der Waals surface area contributed by atoms with Gasteiger partial charge in [0.05, 0.1) is 13.2 Å². The molecule has 2 nitrogen and oxygen atoms in total. The Labute approximate surface area is 166 Å². The van der Waals surface area contributed by atoms with E-state index in [1.54, 1.807) is 0 Å². The number of hydrogen-bond donors (Lipinski definition) is 0. The summed E-state index contributed by atoms with van der Waals surface area (Å²) in [5, 5.41) is 2.48. The van der Waals surface area contributed by atoms with E-state index in [-0.39, 0.29) is 0 Å². The third-order valence-corrected chi connectivity index (χ3v) is 4.67. The van der Waals surface area contributed by atoms with Crippen molar-refractivity contribution in [2.24, 2.45) is 0 Å². The van der Waals surface area contributed by atoms with E-state index in [4.69, 9.17) is 9.47 Å². The fraction of sp³-hybridized carbons (Fsp3) is 0.154. The Bertz CT molecular complexity index is 1010. The van der Waals surface area contributed by atoms with Crippen molar-refractivity contribution < 1.29 is 9.47 Å². The van der Waals surface area contributed by atoms with Gasteiger partial charge in [-0.05, 0) is 52.2 Å². The summed E-state index contributed by atoms with van der Waals surface area (Å²) < 4.78 is 11.7. The molecule has 0 saturated heterocycles. The maximum Gasteiger partial charge on any atom is 0.119 e. The number of rotatable bonds is 8. The SMILES string of the molecule is [c]1c(CCOc2ccccc2)cc2ccccc2c1CCOc1ccccc1. The molecule has 0 atom stereocenters. The van der Waals surface area contributed by atoms with Crippen LogP contribution in [0.25, 0.3) is 10.8 Å². The normalized spacial score (nSPS) is 10.7. The summed E-state index contributed by atoms with van der Waals surface area (Å²) >= 11 is 0. The van der Waals surface area contributed by atoms with Crippen LogP contribution in [-0.2, 0) is 12.8 Å². The average Bonchev–Trinajstić information content (AvgIpc) is 2.75. The van der Waals surface area contributed by atoms with E-state index in [9.17, 15) is 0 Å². The fourth-order valence-electron chi connectivity index (χ4n) is 3.30. The van der Waals surface area contributed by atoms with Gasteiger partial charge in [-0.25, -0.2) is 0 Å². The molecule has 28 heavy (non-hydrogen) atoms. The Morgan fingerprint density at radius 1 is 0.607 bits per heavy atom. The van der Waals surface area contributed by atoms with Crippen LogP contribution in [0.4, 0.5) is 0 Å². The highest BCUT2D eigenvalue weighted by Crippen LogP contribution is 2.22. The summed E-state index contributed by atoms with van der Waals surface area (Å²) in [5.41, 5.74) is 2.37. The fourth-order valence-corrected chi connectivity index (χ4v) is 3.30. The third kappa shape index (κ3) is 4.72. The van der Waals surface area contributed by atoms with Crippen molar-refractivity contribution in [1.82, 2.24) is 0 Å². The zero-order valence-electron chi connectivity index (χ0n) is 15.8. The van der Waals surface area contributed by atoms with Crippen molar-refractivity contribution in [2.45, 2.75) is 12.8 Å². The Hall–Kier alpha value is -3.26. The lowest BCUT2D eigenvalue weighted by atomic mass is 9.98.